The molecule has 0 aromatic heterocycles. The van der Waals surface area contributed by atoms with Crippen LogP contribution in [0, 0.1) is 10.1 Å². The Bertz CT molecular complexity index is 1540. The smallest absolute Gasteiger partial charge is 0.471 e. The zero-order valence-corrected chi connectivity index (χ0v) is 21.3. The SMILES string of the molecule is COc1ccc([N+](=O)[O-])c(Nc2cccc3c2OC[C@H]3N(C(=O)C(F)(F)F)c2ccc3c(c2)OC[C@H]3CC(=O)O)c1. The lowest BCUT2D eigenvalue weighted by Crippen LogP contribution is -2.44. The quantitative estimate of drug-likeness (QED) is 0.270. The number of nitro benzene ring substituents is 1. The van der Waals surface area contributed by atoms with Crippen molar-refractivity contribution in [2.45, 2.75) is 24.6 Å². The van der Waals surface area contributed by atoms with Gasteiger partial charge < -0.3 is 24.6 Å². The fraction of sp³-hybridized carbons (Fsp3) is 0.259. The number of carboxylic acid groups (broad SMARTS) is 1. The average Bonchev–Trinajstić information content (AvgIpc) is 3.52. The van der Waals surface area contributed by atoms with Crippen LogP contribution >= 0.6 is 0 Å². The Morgan fingerprint density at radius 2 is 1.88 bits per heavy atom. The van der Waals surface area contributed by atoms with Crippen LogP contribution in [0.3, 0.4) is 0 Å². The number of benzene rings is 3. The number of carboxylic acids is 1. The molecule has 214 valence electrons. The first kappa shape index (κ1) is 27.6. The molecule has 0 saturated carbocycles. The van der Waals surface area contributed by atoms with E-state index in [2.05, 4.69) is 5.32 Å². The number of carbonyl (C=O) groups is 2. The van der Waals surface area contributed by atoms with Gasteiger partial charge in [-0.05, 0) is 18.2 Å². The topological polar surface area (TPSA) is 140 Å². The average molecular weight is 573 g/mol. The van der Waals surface area contributed by atoms with Crippen molar-refractivity contribution in [3.05, 3.63) is 75.8 Å². The molecule has 3 aromatic rings. The van der Waals surface area contributed by atoms with Gasteiger partial charge in [0.2, 0.25) is 0 Å². The summed E-state index contributed by atoms with van der Waals surface area (Å²) in [6.07, 6.45) is -5.45. The number of nitro groups is 1. The summed E-state index contributed by atoms with van der Waals surface area (Å²) in [5.74, 6) is -3.03. The molecule has 0 fully saturated rings. The second kappa shape index (κ2) is 10.5. The lowest BCUT2D eigenvalue weighted by Gasteiger charge is -2.29. The number of ether oxygens (including phenoxy) is 3. The normalized spacial score (nSPS) is 17.1. The Hall–Kier alpha value is -5.01. The number of fused-ring (bicyclic) bond motifs is 2. The van der Waals surface area contributed by atoms with E-state index in [1.54, 1.807) is 0 Å². The summed E-state index contributed by atoms with van der Waals surface area (Å²) in [6.45, 7) is -0.297. The van der Waals surface area contributed by atoms with Crippen molar-refractivity contribution in [3.8, 4) is 17.2 Å². The van der Waals surface area contributed by atoms with Crippen LogP contribution in [0.2, 0.25) is 0 Å². The number of aliphatic carboxylic acids is 1. The summed E-state index contributed by atoms with van der Waals surface area (Å²) in [5, 5.41) is 23.6. The summed E-state index contributed by atoms with van der Waals surface area (Å²) >= 11 is 0. The third kappa shape index (κ3) is 5.27. The minimum atomic E-state index is -5.23. The summed E-state index contributed by atoms with van der Waals surface area (Å²) in [5.41, 5.74) is 0.657. The summed E-state index contributed by atoms with van der Waals surface area (Å²) < 4.78 is 58.0. The number of hydrogen-bond donors (Lipinski definition) is 2. The highest BCUT2D eigenvalue weighted by molar-refractivity contribution is 5.98. The van der Waals surface area contributed by atoms with Gasteiger partial charge in [-0.1, -0.05) is 18.2 Å². The molecule has 0 aliphatic carbocycles. The highest BCUT2D eigenvalue weighted by atomic mass is 19.4. The van der Waals surface area contributed by atoms with Crippen LogP contribution in [0.1, 0.15) is 29.5 Å². The van der Waals surface area contributed by atoms with E-state index in [1.807, 2.05) is 0 Å². The largest absolute Gasteiger partial charge is 0.497 e. The number of nitrogens with one attached hydrogen (secondary N) is 1. The molecule has 0 radical (unpaired) electrons. The third-order valence-electron chi connectivity index (χ3n) is 6.81. The summed E-state index contributed by atoms with van der Waals surface area (Å²) in [4.78, 5) is 35.5. The van der Waals surface area contributed by atoms with Crippen molar-refractivity contribution in [1.82, 2.24) is 0 Å². The maximum atomic E-state index is 13.8. The van der Waals surface area contributed by atoms with Gasteiger partial charge in [0.25, 0.3) is 5.69 Å². The summed E-state index contributed by atoms with van der Waals surface area (Å²) in [7, 11) is 1.39. The van der Waals surface area contributed by atoms with Gasteiger partial charge in [0.1, 0.15) is 29.5 Å². The summed E-state index contributed by atoms with van der Waals surface area (Å²) in [6, 6.07) is 11.4. The number of amides is 1. The molecular weight excluding hydrogens is 551 g/mol. The fourth-order valence-electron chi connectivity index (χ4n) is 4.96. The van der Waals surface area contributed by atoms with Gasteiger partial charge in [-0.3, -0.25) is 24.6 Å². The van der Waals surface area contributed by atoms with E-state index in [9.17, 15) is 32.9 Å². The number of halogens is 3. The van der Waals surface area contributed by atoms with Crippen LogP contribution in [-0.2, 0) is 9.59 Å². The van der Waals surface area contributed by atoms with E-state index in [0.717, 1.165) is 0 Å². The van der Waals surface area contributed by atoms with E-state index in [-0.39, 0.29) is 59.4 Å². The first-order valence-electron chi connectivity index (χ1n) is 12.2. The van der Waals surface area contributed by atoms with Gasteiger partial charge in [-0.15, -0.1) is 0 Å². The Kier molecular flexibility index (Phi) is 7.07. The molecule has 0 saturated heterocycles. The fourth-order valence-corrected chi connectivity index (χ4v) is 4.96. The van der Waals surface area contributed by atoms with Gasteiger partial charge in [0, 0.05) is 40.9 Å². The first-order valence-corrected chi connectivity index (χ1v) is 12.2. The van der Waals surface area contributed by atoms with Gasteiger partial charge in [0.05, 0.1) is 36.8 Å². The third-order valence-corrected chi connectivity index (χ3v) is 6.81. The molecule has 3 aromatic carbocycles. The number of anilines is 3. The number of rotatable bonds is 8. The van der Waals surface area contributed by atoms with Crippen molar-refractivity contribution in [1.29, 1.82) is 0 Å². The van der Waals surface area contributed by atoms with Gasteiger partial charge in [-0.2, -0.15) is 13.2 Å². The van der Waals surface area contributed by atoms with Gasteiger partial charge in [0.15, 0.2) is 0 Å². The van der Waals surface area contributed by atoms with Crippen molar-refractivity contribution in [2.75, 3.05) is 30.5 Å². The zero-order chi connectivity index (χ0) is 29.5. The molecule has 11 nitrogen and oxygen atoms in total. The lowest BCUT2D eigenvalue weighted by atomic mass is 9.97. The van der Waals surface area contributed by atoms with Gasteiger partial charge >= 0.3 is 18.1 Å². The molecule has 0 bridgehead atoms. The van der Waals surface area contributed by atoms with Crippen molar-refractivity contribution < 1.29 is 47.0 Å². The van der Waals surface area contributed by atoms with E-state index in [4.69, 9.17) is 19.3 Å². The molecule has 2 heterocycles. The predicted octanol–water partition coefficient (Wildman–Crippen LogP) is 5.33. The van der Waals surface area contributed by atoms with Crippen molar-refractivity contribution in [2.24, 2.45) is 0 Å². The minimum Gasteiger partial charge on any atom is -0.497 e. The zero-order valence-electron chi connectivity index (χ0n) is 21.3. The van der Waals surface area contributed by atoms with Crippen molar-refractivity contribution >= 4 is 34.6 Å². The molecular formula is C27H22F3N3O8. The Balaban J connectivity index is 1.53. The van der Waals surface area contributed by atoms with Crippen LogP contribution in [0.25, 0.3) is 0 Å². The van der Waals surface area contributed by atoms with Crippen LogP contribution in [0.4, 0.5) is 35.9 Å². The molecule has 14 heteroatoms. The minimum absolute atomic E-state index is 0.0408. The molecule has 1 amide bonds. The standard InChI is InChI=1S/C27H22F3N3O8/c1-39-16-6-8-21(33(37)38)20(11-16)31-19-4-2-3-18-22(13-41-25(18)19)32(26(36)27(28,29)30)15-5-7-17-14(9-24(34)35)12-40-23(17)10-15/h2-8,10-11,14,22,31H,9,12-13H2,1H3,(H,34,35)/t14-,22-/m1/s1. The van der Waals surface area contributed by atoms with Crippen LogP contribution in [0.15, 0.2) is 54.6 Å². The monoisotopic (exact) mass is 573 g/mol. The Labute approximate surface area is 230 Å². The number of methoxy groups -OCH3 is 1. The maximum absolute atomic E-state index is 13.8. The van der Waals surface area contributed by atoms with E-state index >= 15 is 0 Å². The first-order chi connectivity index (χ1) is 19.5. The van der Waals surface area contributed by atoms with E-state index in [0.29, 0.717) is 16.2 Å². The Morgan fingerprint density at radius 1 is 1.10 bits per heavy atom. The molecule has 0 spiro atoms. The highest BCUT2D eigenvalue weighted by Gasteiger charge is 2.48. The molecule has 41 heavy (non-hydrogen) atoms. The number of para-hydroxylation sites is 1. The molecule has 5 rings (SSSR count). The second-order valence-electron chi connectivity index (χ2n) is 9.32. The van der Waals surface area contributed by atoms with Gasteiger partial charge in [-0.25, -0.2) is 0 Å². The molecule has 2 atom stereocenters. The highest BCUT2D eigenvalue weighted by Crippen LogP contribution is 2.47. The van der Waals surface area contributed by atoms with E-state index < -0.39 is 34.9 Å². The molecule has 2 N–H and O–H groups in total. The number of nitrogens with zero attached hydrogens (tertiary/aromatic N) is 2. The van der Waals surface area contributed by atoms with Crippen LogP contribution in [-0.4, -0.2) is 48.4 Å². The molecule has 2 aliphatic heterocycles. The van der Waals surface area contributed by atoms with Crippen molar-refractivity contribution in [3.63, 3.8) is 0 Å². The maximum Gasteiger partial charge on any atom is 0.471 e. The molecule has 2 aliphatic rings. The molecule has 0 unspecified atom stereocenters. The van der Waals surface area contributed by atoms with Crippen LogP contribution < -0.4 is 24.4 Å². The van der Waals surface area contributed by atoms with Crippen LogP contribution in [0.5, 0.6) is 17.2 Å². The number of carbonyl (C=O) groups excluding carboxylic acids is 1. The number of alkyl halides is 3. The Morgan fingerprint density at radius 3 is 2.56 bits per heavy atom. The number of hydrogen-bond acceptors (Lipinski definition) is 8. The second-order valence-corrected chi connectivity index (χ2v) is 9.32. The lowest BCUT2D eigenvalue weighted by molar-refractivity contribution is -0.383. The predicted molar refractivity (Wildman–Crippen MR) is 138 cm³/mol. The van der Waals surface area contributed by atoms with E-state index in [1.165, 1.54) is 61.7 Å².